The van der Waals surface area contributed by atoms with Crippen molar-refractivity contribution in [3.05, 3.63) is 0 Å². The van der Waals surface area contributed by atoms with Gasteiger partial charge in [-0.05, 0) is 51.2 Å². The van der Waals surface area contributed by atoms with Crippen LogP contribution in [0.4, 0.5) is 0 Å². The van der Waals surface area contributed by atoms with Crippen LogP contribution in [0, 0.1) is 5.92 Å². The Labute approximate surface area is 123 Å². The Hall–Kier alpha value is -0.610. The fraction of sp³-hybridized carbons (Fsp3) is 0.938. The fourth-order valence-electron chi connectivity index (χ4n) is 3.53. The summed E-state index contributed by atoms with van der Waals surface area (Å²) in [5.74, 6) is 0.682. The molecule has 2 saturated heterocycles. The van der Waals surface area contributed by atoms with Gasteiger partial charge in [0.1, 0.15) is 0 Å². The van der Waals surface area contributed by atoms with Crippen LogP contribution in [0.15, 0.2) is 0 Å². The molecule has 2 N–H and O–H groups in total. The summed E-state index contributed by atoms with van der Waals surface area (Å²) < 4.78 is 0. The van der Waals surface area contributed by atoms with Crippen LogP contribution in [0.5, 0.6) is 0 Å². The van der Waals surface area contributed by atoms with Crippen LogP contribution in [0.25, 0.3) is 0 Å². The first kappa shape index (κ1) is 15.8. The highest BCUT2D eigenvalue weighted by Crippen LogP contribution is 2.21. The van der Waals surface area contributed by atoms with E-state index in [-0.39, 0.29) is 0 Å². The quantitative estimate of drug-likeness (QED) is 0.836. The van der Waals surface area contributed by atoms with Gasteiger partial charge in [0.15, 0.2) is 0 Å². The molecular weight excluding hydrogens is 250 g/mol. The molecule has 2 aliphatic heterocycles. The average Bonchev–Trinajstić information content (AvgIpc) is 2.53. The van der Waals surface area contributed by atoms with E-state index in [0.29, 0.717) is 24.8 Å². The van der Waals surface area contributed by atoms with Gasteiger partial charge in [0.05, 0.1) is 0 Å². The summed E-state index contributed by atoms with van der Waals surface area (Å²) in [6, 6.07) is 0.718. The number of nitrogens with two attached hydrogens (primary N) is 1. The van der Waals surface area contributed by atoms with Crippen molar-refractivity contribution < 1.29 is 4.79 Å². The highest BCUT2D eigenvalue weighted by molar-refractivity contribution is 5.76. The Kier molecular flexibility index (Phi) is 6.30. The zero-order valence-corrected chi connectivity index (χ0v) is 13.0. The zero-order chi connectivity index (χ0) is 14.4. The van der Waals surface area contributed by atoms with Crippen molar-refractivity contribution in [2.75, 3.05) is 32.7 Å². The number of amides is 1. The molecule has 1 atom stereocenters. The van der Waals surface area contributed by atoms with Crippen molar-refractivity contribution in [3.8, 4) is 0 Å². The van der Waals surface area contributed by atoms with Crippen LogP contribution in [0.3, 0.4) is 0 Å². The largest absolute Gasteiger partial charge is 0.343 e. The molecule has 116 valence electrons. The highest BCUT2D eigenvalue weighted by Gasteiger charge is 2.28. The molecule has 0 aromatic heterocycles. The molecule has 2 aliphatic rings. The minimum Gasteiger partial charge on any atom is -0.343 e. The maximum absolute atomic E-state index is 12.3. The summed E-state index contributed by atoms with van der Waals surface area (Å²) in [6.07, 6.45) is 8.07. The van der Waals surface area contributed by atoms with Crippen LogP contribution in [0.1, 0.15) is 51.9 Å². The van der Waals surface area contributed by atoms with Gasteiger partial charge >= 0.3 is 0 Å². The van der Waals surface area contributed by atoms with Crippen molar-refractivity contribution in [2.45, 2.75) is 57.9 Å². The number of piperidine rings is 2. The normalized spacial score (nSPS) is 23.8. The summed E-state index contributed by atoms with van der Waals surface area (Å²) in [5.41, 5.74) is 5.70. The van der Waals surface area contributed by atoms with Crippen LogP contribution in [0.2, 0.25) is 0 Å². The van der Waals surface area contributed by atoms with Crippen molar-refractivity contribution in [2.24, 2.45) is 11.7 Å². The molecule has 2 rings (SSSR count). The molecule has 4 heteroatoms. The molecule has 0 spiro atoms. The second-order valence-corrected chi connectivity index (χ2v) is 6.42. The summed E-state index contributed by atoms with van der Waals surface area (Å²) in [6.45, 7) is 7.18. The topological polar surface area (TPSA) is 49.6 Å². The molecular formula is C16H31N3O. The lowest BCUT2D eigenvalue weighted by atomic mass is 9.98. The number of rotatable bonds is 5. The fourth-order valence-corrected chi connectivity index (χ4v) is 3.53. The van der Waals surface area contributed by atoms with Crippen LogP contribution < -0.4 is 5.73 Å². The van der Waals surface area contributed by atoms with Gasteiger partial charge in [-0.3, -0.25) is 4.79 Å². The molecule has 2 heterocycles. The maximum Gasteiger partial charge on any atom is 0.222 e. The zero-order valence-electron chi connectivity index (χ0n) is 13.0. The van der Waals surface area contributed by atoms with E-state index in [4.69, 9.17) is 5.73 Å². The first-order chi connectivity index (χ1) is 9.74. The predicted octanol–water partition coefficient (Wildman–Crippen LogP) is 1.84. The standard InChI is InChI=1S/C16H31N3O/c1-2-14(13-17)12-16(20)19-10-6-15(7-11-19)18-8-4-3-5-9-18/h14-15H,2-13,17H2,1H3. The Bertz CT molecular complexity index is 290. The number of likely N-dealkylation sites (tertiary alicyclic amines) is 2. The van der Waals surface area contributed by atoms with E-state index in [1.807, 2.05) is 0 Å². The molecule has 20 heavy (non-hydrogen) atoms. The lowest BCUT2D eigenvalue weighted by Gasteiger charge is -2.40. The van der Waals surface area contributed by atoms with Gasteiger partial charge in [-0.15, -0.1) is 0 Å². The Balaban J connectivity index is 1.74. The van der Waals surface area contributed by atoms with E-state index < -0.39 is 0 Å². The van der Waals surface area contributed by atoms with E-state index in [0.717, 1.165) is 38.4 Å². The highest BCUT2D eigenvalue weighted by atomic mass is 16.2. The number of hydrogen-bond acceptors (Lipinski definition) is 3. The van der Waals surface area contributed by atoms with E-state index in [2.05, 4.69) is 16.7 Å². The summed E-state index contributed by atoms with van der Waals surface area (Å²) in [7, 11) is 0. The van der Waals surface area contributed by atoms with Crippen molar-refractivity contribution in [1.82, 2.24) is 9.80 Å². The first-order valence-corrected chi connectivity index (χ1v) is 8.46. The van der Waals surface area contributed by atoms with Crippen molar-refractivity contribution in [3.63, 3.8) is 0 Å². The van der Waals surface area contributed by atoms with Gasteiger partial charge in [-0.2, -0.15) is 0 Å². The molecule has 0 saturated carbocycles. The molecule has 2 fully saturated rings. The minimum absolute atomic E-state index is 0.319. The van der Waals surface area contributed by atoms with Gasteiger partial charge in [-0.25, -0.2) is 0 Å². The molecule has 1 amide bonds. The third-order valence-electron chi connectivity index (χ3n) is 5.10. The molecule has 0 aromatic carbocycles. The molecule has 4 nitrogen and oxygen atoms in total. The van der Waals surface area contributed by atoms with Gasteiger partial charge in [0.2, 0.25) is 5.91 Å². The molecule has 0 bridgehead atoms. The second-order valence-electron chi connectivity index (χ2n) is 6.42. The van der Waals surface area contributed by atoms with Crippen LogP contribution >= 0.6 is 0 Å². The van der Waals surface area contributed by atoms with Gasteiger partial charge in [0, 0.05) is 25.6 Å². The number of hydrogen-bond donors (Lipinski definition) is 1. The average molecular weight is 281 g/mol. The third kappa shape index (κ3) is 4.19. The predicted molar refractivity (Wildman–Crippen MR) is 82.5 cm³/mol. The van der Waals surface area contributed by atoms with Gasteiger partial charge < -0.3 is 15.5 Å². The summed E-state index contributed by atoms with van der Waals surface area (Å²) in [4.78, 5) is 17.0. The van der Waals surface area contributed by atoms with Gasteiger partial charge in [-0.1, -0.05) is 19.8 Å². The minimum atomic E-state index is 0.319. The molecule has 0 aromatic rings. The summed E-state index contributed by atoms with van der Waals surface area (Å²) in [5, 5.41) is 0. The SMILES string of the molecule is CCC(CN)CC(=O)N1CCC(N2CCCCC2)CC1. The maximum atomic E-state index is 12.3. The van der Waals surface area contributed by atoms with Crippen LogP contribution in [-0.4, -0.2) is 54.5 Å². The Morgan fingerprint density at radius 1 is 1.15 bits per heavy atom. The summed E-state index contributed by atoms with van der Waals surface area (Å²) >= 11 is 0. The lowest BCUT2D eigenvalue weighted by molar-refractivity contribution is -0.133. The molecule has 0 radical (unpaired) electrons. The van der Waals surface area contributed by atoms with E-state index in [1.54, 1.807) is 0 Å². The second kappa shape index (κ2) is 7.99. The Morgan fingerprint density at radius 3 is 2.35 bits per heavy atom. The van der Waals surface area contributed by atoms with Gasteiger partial charge in [0.25, 0.3) is 0 Å². The third-order valence-corrected chi connectivity index (χ3v) is 5.10. The monoisotopic (exact) mass is 281 g/mol. The van der Waals surface area contributed by atoms with E-state index in [1.165, 1.54) is 32.4 Å². The number of carbonyl (C=O) groups excluding carboxylic acids is 1. The Morgan fingerprint density at radius 2 is 1.80 bits per heavy atom. The number of carbonyl (C=O) groups is 1. The molecule has 1 unspecified atom stereocenters. The number of nitrogens with zero attached hydrogens (tertiary/aromatic N) is 2. The smallest absolute Gasteiger partial charge is 0.222 e. The van der Waals surface area contributed by atoms with E-state index >= 15 is 0 Å². The van der Waals surface area contributed by atoms with E-state index in [9.17, 15) is 4.79 Å². The van der Waals surface area contributed by atoms with Crippen molar-refractivity contribution in [1.29, 1.82) is 0 Å². The lowest BCUT2D eigenvalue weighted by Crippen LogP contribution is -2.48. The first-order valence-electron chi connectivity index (χ1n) is 8.46. The molecule has 0 aliphatic carbocycles. The van der Waals surface area contributed by atoms with Crippen LogP contribution in [-0.2, 0) is 4.79 Å². The van der Waals surface area contributed by atoms with Crippen molar-refractivity contribution >= 4 is 5.91 Å².